The van der Waals surface area contributed by atoms with Gasteiger partial charge in [-0.25, -0.2) is 9.67 Å². The quantitative estimate of drug-likeness (QED) is 0.667. The van der Waals surface area contributed by atoms with Crippen LogP contribution >= 0.6 is 0 Å². The average molecular weight is 350 g/mol. The van der Waals surface area contributed by atoms with E-state index in [0.717, 1.165) is 28.5 Å². The number of aryl methyl sites for hydroxylation is 3. The SMILES string of the molecule is Cc1nc(-c2ccc(C(=O)NCCNc3ccncc3C)cc2)n(C)n1. The van der Waals surface area contributed by atoms with Crippen molar-refractivity contribution in [1.82, 2.24) is 25.1 Å². The van der Waals surface area contributed by atoms with E-state index in [9.17, 15) is 4.79 Å². The van der Waals surface area contributed by atoms with Gasteiger partial charge in [0, 0.05) is 49.3 Å². The minimum Gasteiger partial charge on any atom is -0.383 e. The molecule has 7 nitrogen and oxygen atoms in total. The van der Waals surface area contributed by atoms with E-state index in [2.05, 4.69) is 25.7 Å². The number of hydrogen-bond acceptors (Lipinski definition) is 5. The summed E-state index contributed by atoms with van der Waals surface area (Å²) < 4.78 is 1.73. The number of pyridine rings is 1. The van der Waals surface area contributed by atoms with Gasteiger partial charge < -0.3 is 10.6 Å². The normalized spacial score (nSPS) is 10.6. The van der Waals surface area contributed by atoms with E-state index in [1.165, 1.54) is 0 Å². The van der Waals surface area contributed by atoms with Gasteiger partial charge in [0.05, 0.1) is 0 Å². The number of carbonyl (C=O) groups excluding carboxylic acids is 1. The second-order valence-electron chi connectivity index (χ2n) is 6.06. The number of carbonyl (C=O) groups is 1. The van der Waals surface area contributed by atoms with Crippen LogP contribution in [0.15, 0.2) is 42.7 Å². The molecule has 0 atom stereocenters. The third kappa shape index (κ3) is 4.05. The molecule has 0 aliphatic carbocycles. The van der Waals surface area contributed by atoms with Gasteiger partial charge >= 0.3 is 0 Å². The zero-order chi connectivity index (χ0) is 18.5. The molecular weight excluding hydrogens is 328 g/mol. The van der Waals surface area contributed by atoms with Crippen molar-refractivity contribution in [2.24, 2.45) is 7.05 Å². The molecule has 26 heavy (non-hydrogen) atoms. The van der Waals surface area contributed by atoms with Crippen LogP contribution in [0.2, 0.25) is 0 Å². The highest BCUT2D eigenvalue weighted by atomic mass is 16.1. The predicted molar refractivity (Wildman–Crippen MR) is 101 cm³/mol. The summed E-state index contributed by atoms with van der Waals surface area (Å²) in [4.78, 5) is 20.7. The van der Waals surface area contributed by atoms with E-state index in [1.54, 1.807) is 29.2 Å². The van der Waals surface area contributed by atoms with Crippen molar-refractivity contribution in [3.05, 3.63) is 59.7 Å². The van der Waals surface area contributed by atoms with E-state index in [1.807, 2.05) is 39.1 Å². The Labute approximate surface area is 152 Å². The molecule has 0 radical (unpaired) electrons. The van der Waals surface area contributed by atoms with Gasteiger partial charge in [0.15, 0.2) is 5.82 Å². The van der Waals surface area contributed by atoms with Crippen LogP contribution in [0.1, 0.15) is 21.7 Å². The fourth-order valence-corrected chi connectivity index (χ4v) is 2.68. The maximum atomic E-state index is 12.3. The molecule has 0 spiro atoms. The Kier molecular flexibility index (Phi) is 5.26. The summed E-state index contributed by atoms with van der Waals surface area (Å²) in [5, 5.41) is 10.4. The highest BCUT2D eigenvalue weighted by molar-refractivity contribution is 5.94. The highest BCUT2D eigenvalue weighted by Gasteiger charge is 2.09. The molecule has 0 saturated carbocycles. The Morgan fingerprint density at radius 1 is 1.12 bits per heavy atom. The Hall–Kier alpha value is -3.22. The Morgan fingerprint density at radius 3 is 2.54 bits per heavy atom. The number of aromatic nitrogens is 4. The summed E-state index contributed by atoms with van der Waals surface area (Å²) in [6.45, 7) is 5.03. The maximum Gasteiger partial charge on any atom is 0.251 e. The van der Waals surface area contributed by atoms with Crippen molar-refractivity contribution in [3.8, 4) is 11.4 Å². The van der Waals surface area contributed by atoms with E-state index in [-0.39, 0.29) is 5.91 Å². The van der Waals surface area contributed by atoms with Gasteiger partial charge in [0.25, 0.3) is 5.91 Å². The molecule has 3 aromatic rings. The lowest BCUT2D eigenvalue weighted by Crippen LogP contribution is -2.28. The first-order valence-corrected chi connectivity index (χ1v) is 8.45. The van der Waals surface area contributed by atoms with Crippen LogP contribution in [0.3, 0.4) is 0 Å². The molecule has 0 saturated heterocycles. The van der Waals surface area contributed by atoms with Crippen LogP contribution in [0.25, 0.3) is 11.4 Å². The zero-order valence-electron chi connectivity index (χ0n) is 15.2. The van der Waals surface area contributed by atoms with Gasteiger partial charge in [-0.2, -0.15) is 5.10 Å². The number of hydrogen-bond donors (Lipinski definition) is 2. The van der Waals surface area contributed by atoms with E-state index >= 15 is 0 Å². The number of benzene rings is 1. The Bertz CT molecular complexity index is 901. The monoisotopic (exact) mass is 350 g/mol. The summed E-state index contributed by atoms with van der Waals surface area (Å²) in [7, 11) is 1.85. The lowest BCUT2D eigenvalue weighted by molar-refractivity contribution is 0.0955. The van der Waals surface area contributed by atoms with Crippen molar-refractivity contribution in [2.75, 3.05) is 18.4 Å². The average Bonchev–Trinajstić information content (AvgIpc) is 2.98. The lowest BCUT2D eigenvalue weighted by Gasteiger charge is -2.10. The molecule has 0 bridgehead atoms. The molecule has 3 rings (SSSR count). The molecule has 2 aromatic heterocycles. The fourth-order valence-electron chi connectivity index (χ4n) is 2.68. The van der Waals surface area contributed by atoms with Gasteiger partial charge in [-0.3, -0.25) is 9.78 Å². The topological polar surface area (TPSA) is 84.7 Å². The molecule has 2 N–H and O–H groups in total. The van der Waals surface area contributed by atoms with Crippen LogP contribution in [-0.4, -0.2) is 38.7 Å². The molecule has 1 aromatic carbocycles. The molecule has 2 heterocycles. The van der Waals surface area contributed by atoms with E-state index in [4.69, 9.17) is 0 Å². The van der Waals surface area contributed by atoms with Gasteiger partial charge in [-0.05, 0) is 37.6 Å². The minimum atomic E-state index is -0.0982. The van der Waals surface area contributed by atoms with Crippen molar-refractivity contribution >= 4 is 11.6 Å². The van der Waals surface area contributed by atoms with Gasteiger partial charge in [0.2, 0.25) is 0 Å². The van der Waals surface area contributed by atoms with Crippen molar-refractivity contribution in [3.63, 3.8) is 0 Å². The summed E-state index contributed by atoms with van der Waals surface area (Å²) >= 11 is 0. The molecule has 0 unspecified atom stereocenters. The number of amides is 1. The zero-order valence-corrected chi connectivity index (χ0v) is 15.2. The maximum absolute atomic E-state index is 12.3. The fraction of sp³-hybridized carbons (Fsp3) is 0.263. The lowest BCUT2D eigenvalue weighted by atomic mass is 10.1. The molecule has 134 valence electrons. The first kappa shape index (κ1) is 17.6. The predicted octanol–water partition coefficient (Wildman–Crippen LogP) is 2.34. The largest absolute Gasteiger partial charge is 0.383 e. The third-order valence-corrected chi connectivity index (χ3v) is 4.02. The van der Waals surface area contributed by atoms with Crippen molar-refractivity contribution in [2.45, 2.75) is 13.8 Å². The molecule has 7 heteroatoms. The van der Waals surface area contributed by atoms with E-state index in [0.29, 0.717) is 18.7 Å². The number of rotatable bonds is 6. The number of anilines is 1. The summed E-state index contributed by atoms with van der Waals surface area (Å²) in [5.74, 6) is 1.41. The molecule has 0 aliphatic heterocycles. The van der Waals surface area contributed by atoms with Crippen LogP contribution in [-0.2, 0) is 7.05 Å². The smallest absolute Gasteiger partial charge is 0.251 e. The highest BCUT2D eigenvalue weighted by Crippen LogP contribution is 2.17. The van der Waals surface area contributed by atoms with Crippen LogP contribution < -0.4 is 10.6 Å². The summed E-state index contributed by atoms with van der Waals surface area (Å²) in [5.41, 5.74) is 3.65. The number of nitrogens with zero attached hydrogens (tertiary/aromatic N) is 4. The standard InChI is InChI=1S/C19H22N6O/c1-13-12-20-9-8-17(13)21-10-11-22-19(26)16-6-4-15(5-7-16)18-23-14(2)24-25(18)3/h4-9,12H,10-11H2,1-3H3,(H,20,21)(H,22,26). The summed E-state index contributed by atoms with van der Waals surface area (Å²) in [6, 6.07) is 9.29. The third-order valence-electron chi connectivity index (χ3n) is 4.02. The second kappa shape index (κ2) is 7.77. The first-order valence-electron chi connectivity index (χ1n) is 8.45. The number of nitrogens with one attached hydrogen (secondary N) is 2. The Morgan fingerprint density at radius 2 is 1.88 bits per heavy atom. The van der Waals surface area contributed by atoms with Gasteiger partial charge in [0.1, 0.15) is 5.82 Å². The summed E-state index contributed by atoms with van der Waals surface area (Å²) in [6.07, 6.45) is 3.55. The van der Waals surface area contributed by atoms with Crippen LogP contribution in [0.4, 0.5) is 5.69 Å². The second-order valence-corrected chi connectivity index (χ2v) is 6.06. The van der Waals surface area contributed by atoms with Gasteiger partial charge in [-0.15, -0.1) is 0 Å². The van der Waals surface area contributed by atoms with Crippen LogP contribution in [0.5, 0.6) is 0 Å². The first-order chi connectivity index (χ1) is 12.5. The molecule has 0 aliphatic rings. The van der Waals surface area contributed by atoms with Crippen molar-refractivity contribution in [1.29, 1.82) is 0 Å². The van der Waals surface area contributed by atoms with E-state index < -0.39 is 0 Å². The minimum absolute atomic E-state index is 0.0982. The van der Waals surface area contributed by atoms with Crippen LogP contribution in [0, 0.1) is 13.8 Å². The van der Waals surface area contributed by atoms with Gasteiger partial charge in [-0.1, -0.05) is 12.1 Å². The molecule has 0 fully saturated rings. The molecule has 1 amide bonds. The molecular formula is C19H22N6O. The Balaban J connectivity index is 1.53. The van der Waals surface area contributed by atoms with Crippen molar-refractivity contribution < 1.29 is 4.79 Å².